The highest BCUT2D eigenvalue weighted by Crippen LogP contribution is 2.13. The van der Waals surface area contributed by atoms with Gasteiger partial charge in [0.1, 0.15) is 0 Å². The van der Waals surface area contributed by atoms with E-state index in [2.05, 4.69) is 5.32 Å². The van der Waals surface area contributed by atoms with Crippen molar-refractivity contribution in [3.05, 3.63) is 29.8 Å². The Kier molecular flexibility index (Phi) is 4.85. The van der Waals surface area contributed by atoms with Gasteiger partial charge in [0.05, 0.1) is 12.1 Å². The largest absolute Gasteiger partial charge is 0.478 e. The van der Waals surface area contributed by atoms with Crippen molar-refractivity contribution >= 4 is 17.6 Å². The van der Waals surface area contributed by atoms with E-state index in [1.165, 1.54) is 17.0 Å². The number of rotatable bonds is 5. The molecular weight excluding hydrogens is 232 g/mol. The summed E-state index contributed by atoms with van der Waals surface area (Å²) in [5.74, 6) is -1.04. The van der Waals surface area contributed by atoms with E-state index in [0.29, 0.717) is 5.69 Å². The number of carboxylic acid groups (broad SMARTS) is 1. The van der Waals surface area contributed by atoms with Crippen molar-refractivity contribution < 1.29 is 14.7 Å². The van der Waals surface area contributed by atoms with Crippen LogP contribution in [0.3, 0.4) is 0 Å². The second kappa shape index (κ2) is 6.16. The molecule has 0 aromatic heterocycles. The van der Waals surface area contributed by atoms with Gasteiger partial charge in [0, 0.05) is 18.8 Å². The van der Waals surface area contributed by atoms with Crippen molar-refractivity contribution in [2.24, 2.45) is 0 Å². The number of benzene rings is 1. The highest BCUT2D eigenvalue weighted by atomic mass is 16.4. The van der Waals surface area contributed by atoms with Crippen LogP contribution in [0.1, 0.15) is 24.2 Å². The first-order chi connectivity index (χ1) is 8.41. The summed E-state index contributed by atoms with van der Waals surface area (Å²) in [4.78, 5) is 24.0. The lowest BCUT2D eigenvalue weighted by Crippen LogP contribution is -2.38. The predicted molar refractivity (Wildman–Crippen MR) is 70.0 cm³/mol. The van der Waals surface area contributed by atoms with Crippen LogP contribution in [-0.4, -0.2) is 36.6 Å². The normalized spacial score (nSPS) is 10.4. The average molecular weight is 250 g/mol. The zero-order chi connectivity index (χ0) is 13.7. The molecule has 0 bridgehead atoms. The molecule has 0 spiro atoms. The molecule has 5 nitrogen and oxygen atoms in total. The Bertz CT molecular complexity index is 426. The van der Waals surface area contributed by atoms with Crippen molar-refractivity contribution in [2.75, 3.05) is 18.5 Å². The number of carbonyl (C=O) groups is 2. The van der Waals surface area contributed by atoms with Crippen LogP contribution in [0.5, 0.6) is 0 Å². The lowest BCUT2D eigenvalue weighted by Gasteiger charge is -2.18. The lowest BCUT2D eigenvalue weighted by molar-refractivity contribution is -0.117. The molecule has 1 aromatic rings. The Morgan fingerprint density at radius 1 is 1.28 bits per heavy atom. The summed E-state index contributed by atoms with van der Waals surface area (Å²) in [6.07, 6.45) is 0. The third kappa shape index (κ3) is 3.85. The minimum Gasteiger partial charge on any atom is -0.478 e. The highest BCUT2D eigenvalue weighted by Gasteiger charge is 2.11. The van der Waals surface area contributed by atoms with Gasteiger partial charge in [-0.25, -0.2) is 4.79 Å². The van der Waals surface area contributed by atoms with E-state index in [1.54, 1.807) is 19.2 Å². The molecule has 0 radical (unpaired) electrons. The van der Waals surface area contributed by atoms with Crippen LogP contribution in [0.25, 0.3) is 0 Å². The Hall–Kier alpha value is -1.88. The third-order valence-corrected chi connectivity index (χ3v) is 2.54. The number of hydrogen-bond donors (Lipinski definition) is 2. The molecule has 0 saturated heterocycles. The maximum Gasteiger partial charge on any atom is 0.335 e. The molecule has 1 aromatic carbocycles. The zero-order valence-corrected chi connectivity index (χ0v) is 10.8. The molecular formula is C13H18N2O3. The monoisotopic (exact) mass is 250 g/mol. The quantitative estimate of drug-likeness (QED) is 0.827. The molecule has 0 saturated carbocycles. The summed E-state index contributed by atoms with van der Waals surface area (Å²) in [5, 5.41) is 11.8. The number of nitrogens with one attached hydrogen (secondary N) is 1. The number of carboxylic acids is 1. The van der Waals surface area contributed by atoms with Crippen LogP contribution in [0.4, 0.5) is 5.69 Å². The smallest absolute Gasteiger partial charge is 0.335 e. The van der Waals surface area contributed by atoms with Gasteiger partial charge < -0.3 is 15.3 Å². The predicted octanol–water partition coefficient (Wildman–Crippen LogP) is 1.35. The fraction of sp³-hybridized carbons (Fsp3) is 0.385. The van der Waals surface area contributed by atoms with E-state index in [0.717, 1.165) is 0 Å². The Morgan fingerprint density at radius 3 is 2.28 bits per heavy atom. The van der Waals surface area contributed by atoms with E-state index >= 15 is 0 Å². The number of anilines is 1. The summed E-state index contributed by atoms with van der Waals surface area (Å²) in [6.45, 7) is 4.19. The minimum atomic E-state index is -0.975. The molecule has 2 N–H and O–H groups in total. The Balaban J connectivity index is 2.68. The Morgan fingerprint density at radius 2 is 1.83 bits per heavy atom. The summed E-state index contributed by atoms with van der Waals surface area (Å²) in [6, 6.07) is 6.46. The molecule has 0 aliphatic rings. The van der Waals surface area contributed by atoms with Crippen molar-refractivity contribution in [1.82, 2.24) is 5.32 Å². The average Bonchev–Trinajstić information content (AvgIpc) is 2.35. The van der Waals surface area contributed by atoms with Gasteiger partial charge in [-0.1, -0.05) is 13.8 Å². The Labute approximate surface area is 106 Å². The van der Waals surface area contributed by atoms with Crippen LogP contribution < -0.4 is 10.2 Å². The van der Waals surface area contributed by atoms with E-state index in [1.807, 2.05) is 13.8 Å². The van der Waals surface area contributed by atoms with Gasteiger partial charge >= 0.3 is 5.97 Å². The lowest BCUT2D eigenvalue weighted by atomic mass is 10.2. The van der Waals surface area contributed by atoms with Gasteiger partial charge in [0.2, 0.25) is 5.91 Å². The van der Waals surface area contributed by atoms with Gasteiger partial charge in [-0.2, -0.15) is 0 Å². The number of carbonyl (C=O) groups excluding carboxylic acids is 1. The first-order valence-corrected chi connectivity index (χ1v) is 5.75. The van der Waals surface area contributed by atoms with Crippen molar-refractivity contribution in [3.63, 3.8) is 0 Å². The molecule has 1 rings (SSSR count). The SMILES string of the molecule is CC(C)NCC(=O)N(C)c1ccc(C(=O)O)cc1. The number of amides is 1. The first-order valence-electron chi connectivity index (χ1n) is 5.75. The van der Waals surface area contributed by atoms with Crippen LogP contribution in [0.2, 0.25) is 0 Å². The van der Waals surface area contributed by atoms with Gasteiger partial charge in [-0.3, -0.25) is 4.79 Å². The molecule has 0 aliphatic heterocycles. The maximum atomic E-state index is 11.8. The van der Waals surface area contributed by atoms with Crippen molar-refractivity contribution in [2.45, 2.75) is 19.9 Å². The molecule has 0 heterocycles. The molecule has 98 valence electrons. The van der Waals surface area contributed by atoms with Gasteiger partial charge in [0.25, 0.3) is 0 Å². The zero-order valence-electron chi connectivity index (χ0n) is 10.8. The minimum absolute atomic E-state index is 0.0632. The van der Waals surface area contributed by atoms with Crippen molar-refractivity contribution in [1.29, 1.82) is 0 Å². The van der Waals surface area contributed by atoms with E-state index in [-0.39, 0.29) is 24.1 Å². The number of nitrogens with zero attached hydrogens (tertiary/aromatic N) is 1. The molecule has 18 heavy (non-hydrogen) atoms. The third-order valence-electron chi connectivity index (χ3n) is 2.54. The molecule has 1 amide bonds. The van der Waals surface area contributed by atoms with Gasteiger partial charge in [0.15, 0.2) is 0 Å². The van der Waals surface area contributed by atoms with Crippen molar-refractivity contribution in [3.8, 4) is 0 Å². The fourth-order valence-electron chi connectivity index (χ4n) is 1.38. The standard InChI is InChI=1S/C13H18N2O3/c1-9(2)14-8-12(16)15(3)11-6-4-10(5-7-11)13(17)18/h4-7,9,14H,8H2,1-3H3,(H,17,18). The van der Waals surface area contributed by atoms with Crippen LogP contribution in [-0.2, 0) is 4.79 Å². The van der Waals surface area contributed by atoms with E-state index < -0.39 is 5.97 Å². The highest BCUT2D eigenvalue weighted by molar-refractivity contribution is 5.95. The summed E-state index contributed by atoms with van der Waals surface area (Å²) >= 11 is 0. The van der Waals surface area contributed by atoms with Gasteiger partial charge in [-0.05, 0) is 24.3 Å². The van der Waals surface area contributed by atoms with Gasteiger partial charge in [-0.15, -0.1) is 0 Å². The topological polar surface area (TPSA) is 69.6 Å². The summed E-state index contributed by atoms with van der Waals surface area (Å²) in [5.41, 5.74) is 0.885. The molecule has 0 fully saturated rings. The second-order valence-corrected chi connectivity index (χ2v) is 4.34. The number of hydrogen-bond acceptors (Lipinski definition) is 3. The number of aromatic carboxylic acids is 1. The van der Waals surface area contributed by atoms with E-state index in [4.69, 9.17) is 5.11 Å². The molecule has 0 unspecified atom stereocenters. The molecule has 0 aliphatic carbocycles. The summed E-state index contributed by atoms with van der Waals surface area (Å²) in [7, 11) is 1.67. The summed E-state index contributed by atoms with van der Waals surface area (Å²) < 4.78 is 0. The van der Waals surface area contributed by atoms with Crippen LogP contribution in [0, 0.1) is 0 Å². The van der Waals surface area contributed by atoms with E-state index in [9.17, 15) is 9.59 Å². The molecule has 5 heteroatoms. The molecule has 0 atom stereocenters. The number of likely N-dealkylation sites (N-methyl/N-ethyl adjacent to an activating group) is 1. The van der Waals surface area contributed by atoms with Crippen LogP contribution in [0.15, 0.2) is 24.3 Å². The fourth-order valence-corrected chi connectivity index (χ4v) is 1.38. The van der Waals surface area contributed by atoms with Crippen LogP contribution >= 0.6 is 0 Å². The first kappa shape index (κ1) is 14.2. The second-order valence-electron chi connectivity index (χ2n) is 4.34. The maximum absolute atomic E-state index is 11.8.